The highest BCUT2D eigenvalue weighted by Gasteiger charge is 2.22. The van der Waals surface area contributed by atoms with E-state index in [9.17, 15) is 20.0 Å². The summed E-state index contributed by atoms with van der Waals surface area (Å²) >= 11 is 5.93. The molecule has 1 aliphatic heterocycles. The molecular formula is C18H22ClN5O5. The summed E-state index contributed by atoms with van der Waals surface area (Å²) in [5.41, 5.74) is -0.404. The van der Waals surface area contributed by atoms with Crippen LogP contribution in [0.15, 0.2) is 24.4 Å². The number of carbonyl (C=O) groups is 1. The molecule has 1 fully saturated rings. The van der Waals surface area contributed by atoms with E-state index in [4.69, 9.17) is 16.3 Å². The Bertz CT molecular complexity index is 897. The van der Waals surface area contributed by atoms with Gasteiger partial charge in [0.15, 0.2) is 11.4 Å². The van der Waals surface area contributed by atoms with Crippen molar-refractivity contribution in [2.24, 2.45) is 5.92 Å². The highest BCUT2D eigenvalue weighted by Crippen LogP contribution is 2.28. The Morgan fingerprint density at radius 1 is 1.45 bits per heavy atom. The number of morpholine rings is 1. The van der Waals surface area contributed by atoms with Gasteiger partial charge in [0, 0.05) is 37.3 Å². The lowest BCUT2D eigenvalue weighted by Crippen LogP contribution is -2.41. The molecule has 2 heterocycles. The molecule has 2 aromatic rings. The molecule has 3 rings (SSSR count). The van der Waals surface area contributed by atoms with Gasteiger partial charge in [0.05, 0.1) is 24.3 Å². The minimum absolute atomic E-state index is 0.0533. The molecule has 1 aliphatic rings. The lowest BCUT2D eigenvalue weighted by Gasteiger charge is -2.29. The number of carbonyl (C=O) groups excluding carboxylic acids is 1. The second-order valence-corrected chi connectivity index (χ2v) is 7.36. The van der Waals surface area contributed by atoms with Crippen molar-refractivity contribution in [3.63, 3.8) is 0 Å². The van der Waals surface area contributed by atoms with E-state index >= 15 is 0 Å². The number of benzene rings is 1. The molecule has 0 aliphatic carbocycles. The van der Waals surface area contributed by atoms with Crippen molar-refractivity contribution < 1.29 is 19.6 Å². The van der Waals surface area contributed by atoms with E-state index in [2.05, 4.69) is 15.3 Å². The highest BCUT2D eigenvalue weighted by atomic mass is 35.5. The van der Waals surface area contributed by atoms with Crippen LogP contribution >= 0.6 is 11.6 Å². The van der Waals surface area contributed by atoms with Crippen LogP contribution in [0.1, 0.15) is 17.4 Å². The summed E-state index contributed by atoms with van der Waals surface area (Å²) in [5, 5.41) is 28.4. The summed E-state index contributed by atoms with van der Waals surface area (Å²) in [6.07, 6.45) is 1.14. The Hall–Kier alpha value is -2.69. The normalized spacial score (nSPS) is 15.8. The number of rotatable bonds is 7. The Morgan fingerprint density at radius 2 is 2.17 bits per heavy atom. The van der Waals surface area contributed by atoms with Crippen molar-refractivity contribution >= 4 is 23.2 Å². The zero-order chi connectivity index (χ0) is 21.0. The second kappa shape index (κ2) is 9.21. The summed E-state index contributed by atoms with van der Waals surface area (Å²) in [6.45, 7) is 6.38. The molecule has 0 radical (unpaired) electrons. The molecule has 1 unspecified atom stereocenters. The monoisotopic (exact) mass is 423 g/mol. The van der Waals surface area contributed by atoms with Crippen LogP contribution in [-0.2, 0) is 4.74 Å². The number of nitro groups is 1. The predicted molar refractivity (Wildman–Crippen MR) is 106 cm³/mol. The molecule has 0 spiro atoms. The van der Waals surface area contributed by atoms with E-state index in [1.807, 2.05) is 6.92 Å². The van der Waals surface area contributed by atoms with E-state index in [1.54, 1.807) is 0 Å². The fourth-order valence-electron chi connectivity index (χ4n) is 3.12. The Kier molecular flexibility index (Phi) is 6.68. The van der Waals surface area contributed by atoms with Crippen LogP contribution in [0.5, 0.6) is 5.75 Å². The maximum Gasteiger partial charge on any atom is 0.294 e. The molecule has 2 N–H and O–H groups in total. The summed E-state index contributed by atoms with van der Waals surface area (Å²) in [4.78, 5) is 25.4. The van der Waals surface area contributed by atoms with Gasteiger partial charge in [-0.15, -0.1) is 0 Å². The molecule has 0 bridgehead atoms. The molecule has 1 aromatic carbocycles. The van der Waals surface area contributed by atoms with Gasteiger partial charge in [-0.25, -0.2) is 4.68 Å². The Balaban J connectivity index is 1.68. The van der Waals surface area contributed by atoms with E-state index in [-0.39, 0.29) is 33.8 Å². The molecule has 1 atom stereocenters. The maximum atomic E-state index is 12.5. The fraction of sp³-hybridized carbons (Fsp3) is 0.444. The lowest BCUT2D eigenvalue weighted by molar-refractivity contribution is -0.384. The van der Waals surface area contributed by atoms with Gasteiger partial charge >= 0.3 is 0 Å². The third-order valence-corrected chi connectivity index (χ3v) is 4.81. The SMILES string of the molecule is CC(CNC(=O)c1nn(-c2cc(Cl)ccc2[N+](=O)[O-])cc1O)CN1CCOCC1. The summed E-state index contributed by atoms with van der Waals surface area (Å²) < 4.78 is 6.39. The first-order valence-electron chi connectivity index (χ1n) is 9.16. The van der Waals surface area contributed by atoms with E-state index in [0.717, 1.165) is 30.5 Å². The van der Waals surface area contributed by atoms with Crippen LogP contribution in [0.4, 0.5) is 5.69 Å². The highest BCUT2D eigenvalue weighted by molar-refractivity contribution is 6.30. The molecule has 0 saturated carbocycles. The number of hydrogen-bond donors (Lipinski definition) is 2. The molecule has 1 saturated heterocycles. The van der Waals surface area contributed by atoms with Gasteiger partial charge in [-0.1, -0.05) is 18.5 Å². The Labute approximate surface area is 172 Å². The van der Waals surface area contributed by atoms with Crippen molar-refractivity contribution in [1.82, 2.24) is 20.0 Å². The van der Waals surface area contributed by atoms with Crippen LogP contribution in [0.2, 0.25) is 5.02 Å². The number of amides is 1. The van der Waals surface area contributed by atoms with Crippen LogP contribution in [0, 0.1) is 16.0 Å². The van der Waals surface area contributed by atoms with Crippen LogP contribution in [0.25, 0.3) is 5.69 Å². The lowest BCUT2D eigenvalue weighted by atomic mass is 10.1. The van der Waals surface area contributed by atoms with Crippen LogP contribution < -0.4 is 5.32 Å². The molecule has 156 valence electrons. The van der Waals surface area contributed by atoms with Crippen molar-refractivity contribution in [2.45, 2.75) is 6.92 Å². The number of ether oxygens (including phenoxy) is 1. The van der Waals surface area contributed by atoms with Gasteiger partial charge in [-0.3, -0.25) is 19.8 Å². The van der Waals surface area contributed by atoms with Crippen molar-refractivity contribution in [3.05, 3.63) is 45.2 Å². The molecule has 1 amide bonds. The van der Waals surface area contributed by atoms with Gasteiger partial charge < -0.3 is 15.2 Å². The zero-order valence-electron chi connectivity index (χ0n) is 15.9. The molecule has 10 nitrogen and oxygen atoms in total. The molecule has 1 aromatic heterocycles. The van der Waals surface area contributed by atoms with Gasteiger partial charge in [0.1, 0.15) is 5.69 Å². The topological polar surface area (TPSA) is 123 Å². The van der Waals surface area contributed by atoms with Gasteiger partial charge in [-0.2, -0.15) is 5.10 Å². The molecular weight excluding hydrogens is 402 g/mol. The smallest absolute Gasteiger partial charge is 0.294 e. The predicted octanol–water partition coefficient (Wildman–Crippen LogP) is 1.84. The maximum absolute atomic E-state index is 12.5. The minimum atomic E-state index is -0.586. The largest absolute Gasteiger partial charge is 0.504 e. The van der Waals surface area contributed by atoms with Gasteiger partial charge in [0.2, 0.25) is 0 Å². The third-order valence-electron chi connectivity index (χ3n) is 4.58. The van der Waals surface area contributed by atoms with Crippen molar-refractivity contribution in [2.75, 3.05) is 39.4 Å². The first-order valence-corrected chi connectivity index (χ1v) is 9.54. The summed E-state index contributed by atoms with van der Waals surface area (Å²) in [6, 6.07) is 3.97. The fourth-order valence-corrected chi connectivity index (χ4v) is 3.29. The quantitative estimate of drug-likeness (QED) is 0.514. The summed E-state index contributed by atoms with van der Waals surface area (Å²) in [7, 11) is 0. The number of halogens is 1. The minimum Gasteiger partial charge on any atom is -0.504 e. The number of nitrogens with zero attached hydrogens (tertiary/aromatic N) is 4. The van der Waals surface area contributed by atoms with Crippen LogP contribution in [-0.4, -0.2) is 70.0 Å². The number of nitrogens with one attached hydrogen (secondary N) is 1. The first kappa shape index (κ1) is 21.0. The van der Waals surface area contributed by atoms with Crippen molar-refractivity contribution in [1.29, 1.82) is 0 Å². The van der Waals surface area contributed by atoms with Gasteiger partial charge in [0.25, 0.3) is 11.6 Å². The zero-order valence-corrected chi connectivity index (χ0v) is 16.6. The average Bonchev–Trinajstić information content (AvgIpc) is 3.08. The number of nitro benzene ring substituents is 1. The first-order chi connectivity index (χ1) is 13.8. The molecule has 11 heteroatoms. The molecule has 29 heavy (non-hydrogen) atoms. The van der Waals surface area contributed by atoms with Gasteiger partial charge in [-0.05, 0) is 18.1 Å². The summed E-state index contributed by atoms with van der Waals surface area (Å²) in [5.74, 6) is -0.743. The third kappa shape index (κ3) is 5.22. The number of aromatic hydroxyl groups is 1. The van der Waals surface area contributed by atoms with E-state index in [1.165, 1.54) is 18.2 Å². The standard InChI is InChI=1S/C18H22ClN5O5/c1-12(10-22-4-6-29-7-5-22)9-20-18(26)17-16(25)11-23(21-17)15-8-13(19)2-3-14(15)24(27)28/h2-3,8,11-12,25H,4-7,9-10H2,1H3,(H,20,26). The number of hydrogen-bond acceptors (Lipinski definition) is 7. The Morgan fingerprint density at radius 3 is 2.86 bits per heavy atom. The van der Waals surface area contributed by atoms with Crippen LogP contribution in [0.3, 0.4) is 0 Å². The average molecular weight is 424 g/mol. The van der Waals surface area contributed by atoms with Crippen molar-refractivity contribution in [3.8, 4) is 11.4 Å². The second-order valence-electron chi connectivity index (χ2n) is 6.93. The number of aromatic nitrogens is 2. The van der Waals surface area contributed by atoms with E-state index in [0.29, 0.717) is 19.8 Å². The van der Waals surface area contributed by atoms with E-state index < -0.39 is 10.8 Å².